The van der Waals surface area contributed by atoms with Crippen LogP contribution in [0.1, 0.15) is 5.56 Å². The smallest absolute Gasteiger partial charge is 0.289 e. The third-order valence-corrected chi connectivity index (χ3v) is 9.08. The Hall–Kier alpha value is -2.57. The van der Waals surface area contributed by atoms with E-state index < -0.39 is 86.8 Å². The summed E-state index contributed by atoms with van der Waals surface area (Å²) in [7, 11) is -4.48. The first-order valence-corrected chi connectivity index (χ1v) is 14.3. The van der Waals surface area contributed by atoms with E-state index in [0.717, 1.165) is 17.7 Å². The second kappa shape index (κ2) is 11.0. The fourth-order valence-electron chi connectivity index (χ4n) is 5.60. The number of nitro benzene ring substituents is 1. The molecule has 0 spiro atoms. The molecule has 6 rings (SSSR count). The van der Waals surface area contributed by atoms with Gasteiger partial charge in [-0.3, -0.25) is 10.1 Å². The molecule has 14 nitrogen and oxygen atoms in total. The minimum atomic E-state index is -4.48. The van der Waals surface area contributed by atoms with Gasteiger partial charge in [0, 0.05) is 6.07 Å². The molecule has 4 fully saturated rings. The Balaban J connectivity index is 1.34. The highest BCUT2D eigenvalue weighted by molar-refractivity contribution is 7.89. The molecule has 4 saturated heterocycles. The van der Waals surface area contributed by atoms with Gasteiger partial charge in [-0.05, 0) is 11.6 Å². The normalized spacial score (nSPS) is 37.0. The Morgan fingerprint density at radius 1 is 0.900 bits per heavy atom. The van der Waals surface area contributed by atoms with Crippen molar-refractivity contribution in [3.8, 4) is 0 Å². The van der Waals surface area contributed by atoms with Crippen LogP contribution in [0, 0.1) is 10.1 Å². The first kappa shape index (κ1) is 27.6. The number of aliphatic hydroxyl groups excluding tert-OH is 2. The summed E-state index contributed by atoms with van der Waals surface area (Å²) in [6.07, 6.45) is -6.68. The van der Waals surface area contributed by atoms with Gasteiger partial charge in [-0.1, -0.05) is 42.5 Å². The second-order valence-corrected chi connectivity index (χ2v) is 11.8. The highest BCUT2D eigenvalue weighted by Crippen LogP contribution is 2.35. The molecule has 0 unspecified atom stereocenters. The monoisotopic (exact) mass is 579 g/mol. The van der Waals surface area contributed by atoms with Gasteiger partial charge in [0.15, 0.2) is 17.5 Å². The number of nitrogens with one attached hydrogen (secondary N) is 2. The summed E-state index contributed by atoms with van der Waals surface area (Å²) in [5, 5.41) is 36.5. The van der Waals surface area contributed by atoms with E-state index in [-0.39, 0.29) is 19.8 Å². The maximum atomic E-state index is 13.6. The Kier molecular flexibility index (Phi) is 7.60. The molecule has 216 valence electrons. The number of fused-ring (bicyclic) bond motifs is 4. The average molecular weight is 580 g/mol. The Bertz CT molecular complexity index is 1320. The zero-order valence-electron chi connectivity index (χ0n) is 21.0. The van der Waals surface area contributed by atoms with Gasteiger partial charge in [-0.15, -0.1) is 0 Å². The molecule has 4 aliphatic rings. The number of nitrogens with zero attached hydrogens (tertiary/aromatic N) is 1. The maximum Gasteiger partial charge on any atom is 0.289 e. The quantitative estimate of drug-likeness (QED) is 0.218. The predicted octanol–water partition coefficient (Wildman–Crippen LogP) is -0.614. The molecule has 40 heavy (non-hydrogen) atoms. The van der Waals surface area contributed by atoms with Gasteiger partial charge in [-0.25, -0.2) is 13.1 Å². The molecule has 0 saturated carbocycles. The number of ether oxygens (including phenoxy) is 5. The van der Waals surface area contributed by atoms with Crippen molar-refractivity contribution in [1.29, 1.82) is 0 Å². The van der Waals surface area contributed by atoms with Crippen LogP contribution in [0.2, 0.25) is 0 Å². The van der Waals surface area contributed by atoms with Crippen molar-refractivity contribution in [3.05, 3.63) is 70.3 Å². The third-order valence-electron chi connectivity index (χ3n) is 7.58. The van der Waals surface area contributed by atoms with Crippen molar-refractivity contribution in [2.75, 3.05) is 13.2 Å². The van der Waals surface area contributed by atoms with Crippen molar-refractivity contribution in [2.24, 2.45) is 0 Å². The molecule has 4 heterocycles. The minimum absolute atomic E-state index is 0.0841. The number of benzene rings is 2. The minimum Gasteiger partial charge on any atom is -0.389 e. The predicted molar refractivity (Wildman–Crippen MR) is 134 cm³/mol. The lowest BCUT2D eigenvalue weighted by Gasteiger charge is -2.45. The standard InChI is InChI=1S/C25H29N3O11S/c29-21-15-11-37-25(38-15)22(30)20(21)26-19-18(27-40(33,34)17-9-5-4-8-14(17)28(31)32)23(16-12-36-24(19)39-16)35-10-13-6-2-1-3-7-13/h1-9,15-16,18-27,29-30H,10-12H2/t15-,16-,18-,19-,20+,21-,22-,23-,24-,25-/m1/s1. The summed E-state index contributed by atoms with van der Waals surface area (Å²) in [5.74, 6) is 0. The van der Waals surface area contributed by atoms with Crippen LogP contribution in [0.25, 0.3) is 0 Å². The van der Waals surface area contributed by atoms with E-state index in [1.807, 2.05) is 30.3 Å². The van der Waals surface area contributed by atoms with Gasteiger partial charge in [0.25, 0.3) is 5.69 Å². The fourth-order valence-corrected chi connectivity index (χ4v) is 7.05. The SMILES string of the molecule is O=[N+]([O-])c1ccccc1S(=O)(=O)N[C@@H]1[C@@H](N[C@@H]2[C@@H](O)[C@@H]3OC[C@@H](O3)[C@H]2O)[C@@H]2OC[C@@H](O2)[C@H]1OCc1ccccc1. The average Bonchev–Trinajstić information content (AvgIpc) is 3.59. The van der Waals surface area contributed by atoms with Gasteiger partial charge in [-0.2, -0.15) is 0 Å². The first-order chi connectivity index (χ1) is 19.2. The maximum absolute atomic E-state index is 13.6. The number of para-hydroxylation sites is 1. The van der Waals surface area contributed by atoms with Crippen LogP contribution in [0.15, 0.2) is 59.5 Å². The highest BCUT2D eigenvalue weighted by Gasteiger charge is 2.56. The van der Waals surface area contributed by atoms with E-state index in [1.165, 1.54) is 12.1 Å². The molecule has 0 aromatic heterocycles. The van der Waals surface area contributed by atoms with E-state index in [0.29, 0.717) is 0 Å². The summed E-state index contributed by atoms with van der Waals surface area (Å²) in [4.78, 5) is 10.3. The number of sulfonamides is 1. The summed E-state index contributed by atoms with van der Waals surface area (Å²) in [6.45, 7) is 0.299. The number of hydrogen-bond acceptors (Lipinski definition) is 12. The first-order valence-electron chi connectivity index (χ1n) is 12.8. The van der Waals surface area contributed by atoms with Crippen LogP contribution in [-0.2, 0) is 40.3 Å². The number of rotatable bonds is 9. The summed E-state index contributed by atoms with van der Waals surface area (Å²) < 4.78 is 58.9. The third kappa shape index (κ3) is 5.14. The van der Waals surface area contributed by atoms with E-state index in [4.69, 9.17) is 23.7 Å². The molecule has 4 N–H and O–H groups in total. The Morgan fingerprint density at radius 2 is 1.57 bits per heavy atom. The van der Waals surface area contributed by atoms with Crippen molar-refractivity contribution in [1.82, 2.24) is 10.0 Å². The molecule has 4 bridgehead atoms. The van der Waals surface area contributed by atoms with Crippen molar-refractivity contribution < 1.29 is 47.2 Å². The number of nitro groups is 1. The van der Waals surface area contributed by atoms with Gasteiger partial charge in [0.1, 0.15) is 30.5 Å². The van der Waals surface area contributed by atoms with Crippen LogP contribution in [-0.4, -0.2) is 98.0 Å². The topological polar surface area (TPSA) is 188 Å². The molecule has 2 aromatic rings. The lowest BCUT2D eigenvalue weighted by Crippen LogP contribution is -2.71. The van der Waals surface area contributed by atoms with E-state index in [1.54, 1.807) is 0 Å². The molecule has 10 atom stereocenters. The van der Waals surface area contributed by atoms with Crippen LogP contribution in [0.5, 0.6) is 0 Å². The van der Waals surface area contributed by atoms with E-state index in [2.05, 4.69) is 10.0 Å². The Morgan fingerprint density at radius 3 is 2.35 bits per heavy atom. The summed E-state index contributed by atoms with van der Waals surface area (Å²) in [6, 6.07) is 11.2. The molecule has 0 aliphatic carbocycles. The molecule has 0 radical (unpaired) electrons. The second-order valence-electron chi connectivity index (χ2n) is 10.1. The van der Waals surface area contributed by atoms with E-state index >= 15 is 0 Å². The number of aliphatic hydroxyl groups is 2. The zero-order chi connectivity index (χ0) is 28.0. The van der Waals surface area contributed by atoms with Crippen molar-refractivity contribution in [3.63, 3.8) is 0 Å². The van der Waals surface area contributed by atoms with Crippen LogP contribution in [0.3, 0.4) is 0 Å². The van der Waals surface area contributed by atoms with Crippen LogP contribution >= 0.6 is 0 Å². The fraction of sp³-hybridized carbons (Fsp3) is 0.520. The van der Waals surface area contributed by atoms with Gasteiger partial charge >= 0.3 is 0 Å². The lowest BCUT2D eigenvalue weighted by molar-refractivity contribution is -0.387. The van der Waals surface area contributed by atoms with E-state index in [9.17, 15) is 28.7 Å². The van der Waals surface area contributed by atoms with Gasteiger partial charge in [0.05, 0.1) is 42.9 Å². The molecule has 0 amide bonds. The van der Waals surface area contributed by atoms with Crippen molar-refractivity contribution in [2.45, 2.75) is 72.7 Å². The lowest BCUT2D eigenvalue weighted by atomic mass is 9.92. The van der Waals surface area contributed by atoms with Crippen LogP contribution < -0.4 is 10.0 Å². The largest absolute Gasteiger partial charge is 0.389 e. The van der Waals surface area contributed by atoms with Crippen molar-refractivity contribution >= 4 is 15.7 Å². The molecule has 2 aromatic carbocycles. The number of hydrogen-bond donors (Lipinski definition) is 4. The molecule has 4 aliphatic heterocycles. The molecule has 15 heteroatoms. The summed E-state index contributed by atoms with van der Waals surface area (Å²) >= 11 is 0. The Labute approximate surface area is 229 Å². The summed E-state index contributed by atoms with van der Waals surface area (Å²) in [5.41, 5.74) is 0.244. The highest BCUT2D eigenvalue weighted by atomic mass is 32.2. The zero-order valence-corrected chi connectivity index (χ0v) is 21.8. The molecular formula is C25H29N3O11S. The molecular weight excluding hydrogens is 550 g/mol. The van der Waals surface area contributed by atoms with Crippen LogP contribution in [0.4, 0.5) is 5.69 Å². The van der Waals surface area contributed by atoms with Gasteiger partial charge < -0.3 is 39.2 Å². The van der Waals surface area contributed by atoms with Gasteiger partial charge in [0.2, 0.25) is 10.0 Å².